The first-order valence-corrected chi connectivity index (χ1v) is 13.1. The van der Waals surface area contributed by atoms with E-state index < -0.39 is 23.2 Å². The molecule has 2 heterocycles. The zero-order chi connectivity index (χ0) is 28.6. The van der Waals surface area contributed by atoms with Gasteiger partial charge in [0.15, 0.2) is 0 Å². The molecule has 4 rings (SSSR count). The number of pyridine rings is 1. The number of nitrogens with one attached hydrogen (secondary N) is 1. The van der Waals surface area contributed by atoms with Gasteiger partial charge in [0.25, 0.3) is 17.4 Å². The van der Waals surface area contributed by atoms with Crippen LogP contribution in [-0.4, -0.2) is 73.8 Å². The number of benzene rings is 1. The number of carbonyl (C=O) groups is 2. The zero-order valence-corrected chi connectivity index (χ0v) is 22.8. The Morgan fingerprint density at radius 3 is 2.54 bits per heavy atom. The van der Waals surface area contributed by atoms with E-state index in [1.807, 2.05) is 0 Å². The maximum Gasteiger partial charge on any atom is 0.430 e. The van der Waals surface area contributed by atoms with E-state index in [0.29, 0.717) is 17.8 Å². The van der Waals surface area contributed by atoms with Gasteiger partial charge in [-0.3, -0.25) is 9.59 Å². The highest BCUT2D eigenvalue weighted by Gasteiger charge is 2.62. The number of alkyl halides is 3. The normalized spacial score (nSPS) is 19.8. The third kappa shape index (κ3) is 5.51. The van der Waals surface area contributed by atoms with Gasteiger partial charge in [-0.1, -0.05) is 23.7 Å². The SMILES string of the molecule is CNC(=O)c1ccc(N2CCC3(CC2)C[C@H]3CCN(C)C(=O)[C@](O)(c2cccc(OC)c2)C(F)(F)F)nc1Cl. The molecule has 8 nitrogen and oxygen atoms in total. The van der Waals surface area contributed by atoms with Gasteiger partial charge in [0.05, 0.1) is 12.7 Å². The molecule has 2 N–H and O–H groups in total. The van der Waals surface area contributed by atoms with Crippen molar-refractivity contribution in [1.29, 1.82) is 0 Å². The lowest BCUT2D eigenvalue weighted by molar-refractivity contribution is -0.261. The first-order chi connectivity index (χ1) is 18.4. The molecule has 1 spiro atoms. The van der Waals surface area contributed by atoms with Crippen LogP contribution in [0.2, 0.25) is 5.15 Å². The van der Waals surface area contributed by atoms with E-state index in [4.69, 9.17) is 16.3 Å². The van der Waals surface area contributed by atoms with Crippen molar-refractivity contribution in [2.24, 2.45) is 11.3 Å². The lowest BCUT2D eigenvalue weighted by Gasteiger charge is -2.35. The van der Waals surface area contributed by atoms with E-state index in [2.05, 4.69) is 15.2 Å². The van der Waals surface area contributed by atoms with Crippen molar-refractivity contribution in [2.45, 2.75) is 37.5 Å². The van der Waals surface area contributed by atoms with Crippen LogP contribution in [-0.2, 0) is 10.4 Å². The number of nitrogens with zero attached hydrogens (tertiary/aromatic N) is 3. The van der Waals surface area contributed by atoms with Crippen LogP contribution in [0.15, 0.2) is 36.4 Å². The predicted molar refractivity (Wildman–Crippen MR) is 140 cm³/mol. The first-order valence-electron chi connectivity index (χ1n) is 12.7. The van der Waals surface area contributed by atoms with Crippen molar-refractivity contribution in [3.8, 4) is 5.75 Å². The summed E-state index contributed by atoms with van der Waals surface area (Å²) in [6.45, 7) is 1.56. The fourth-order valence-corrected chi connectivity index (χ4v) is 5.76. The molecule has 2 fully saturated rings. The van der Waals surface area contributed by atoms with Crippen LogP contribution in [0.25, 0.3) is 0 Å². The van der Waals surface area contributed by atoms with Crippen LogP contribution in [0, 0.1) is 11.3 Å². The summed E-state index contributed by atoms with van der Waals surface area (Å²) in [5, 5.41) is 13.4. The second-order valence-electron chi connectivity index (χ2n) is 10.3. The smallest absolute Gasteiger partial charge is 0.430 e. The number of ether oxygens (including phenoxy) is 1. The lowest BCUT2D eigenvalue weighted by Crippen LogP contribution is -2.55. The summed E-state index contributed by atoms with van der Waals surface area (Å²) in [4.78, 5) is 32.3. The average Bonchev–Trinajstić information content (AvgIpc) is 3.60. The summed E-state index contributed by atoms with van der Waals surface area (Å²) in [5.41, 5.74) is -3.87. The van der Waals surface area contributed by atoms with Gasteiger partial charge in [-0.15, -0.1) is 0 Å². The molecule has 0 radical (unpaired) electrons. The Bertz CT molecular complexity index is 1240. The number of amides is 2. The quantitative estimate of drug-likeness (QED) is 0.467. The van der Waals surface area contributed by atoms with Crippen molar-refractivity contribution in [2.75, 3.05) is 45.7 Å². The Morgan fingerprint density at radius 1 is 1.26 bits per heavy atom. The molecule has 1 aromatic heterocycles. The summed E-state index contributed by atoms with van der Waals surface area (Å²) < 4.78 is 47.1. The van der Waals surface area contributed by atoms with Gasteiger partial charge in [0, 0.05) is 39.3 Å². The Labute approximate surface area is 230 Å². The van der Waals surface area contributed by atoms with E-state index in [-0.39, 0.29) is 34.7 Å². The van der Waals surface area contributed by atoms with Gasteiger partial charge in [0.2, 0.25) is 0 Å². The van der Waals surface area contributed by atoms with Crippen LogP contribution in [0.5, 0.6) is 5.75 Å². The van der Waals surface area contributed by atoms with Gasteiger partial charge >= 0.3 is 6.18 Å². The standard InChI is InChI=1S/C27H32ClF3N4O4/c1-32-23(36)20-7-8-21(33-22(20)28)35-13-10-25(11-14-35)16-18(25)9-12-34(2)24(37)26(38,27(29,30)31)17-5-4-6-19(15-17)39-3/h4-8,15,18,38H,9-14,16H2,1-3H3,(H,32,36)/t18-,26-/m1/s1. The number of rotatable bonds is 8. The molecule has 2 aromatic rings. The maximum absolute atomic E-state index is 14.0. The molecular weight excluding hydrogens is 537 g/mol. The van der Waals surface area contributed by atoms with Gasteiger partial charge < -0.3 is 25.0 Å². The first kappa shape index (κ1) is 28.9. The van der Waals surface area contributed by atoms with Crippen LogP contribution in [0.3, 0.4) is 0 Å². The summed E-state index contributed by atoms with van der Waals surface area (Å²) >= 11 is 6.20. The molecule has 1 saturated carbocycles. The summed E-state index contributed by atoms with van der Waals surface area (Å²) in [5.74, 6) is -0.655. The number of hydrogen-bond acceptors (Lipinski definition) is 6. The predicted octanol–water partition coefficient (Wildman–Crippen LogP) is 4.01. The van der Waals surface area contributed by atoms with Crippen LogP contribution in [0.1, 0.15) is 41.6 Å². The summed E-state index contributed by atoms with van der Waals surface area (Å²) in [6, 6.07) is 8.25. The van der Waals surface area contributed by atoms with Crippen LogP contribution in [0.4, 0.5) is 19.0 Å². The molecule has 212 valence electrons. The average molecular weight is 569 g/mol. The highest BCUT2D eigenvalue weighted by atomic mass is 35.5. The van der Waals surface area contributed by atoms with E-state index >= 15 is 0 Å². The lowest BCUT2D eigenvalue weighted by atomic mass is 9.89. The van der Waals surface area contributed by atoms with Gasteiger partial charge in [-0.2, -0.15) is 13.2 Å². The van der Waals surface area contributed by atoms with Crippen molar-refractivity contribution in [3.05, 3.63) is 52.7 Å². The largest absolute Gasteiger partial charge is 0.497 e. The fourth-order valence-electron chi connectivity index (χ4n) is 5.52. The van der Waals surface area contributed by atoms with Crippen molar-refractivity contribution in [3.63, 3.8) is 0 Å². The maximum atomic E-state index is 14.0. The molecule has 2 amide bonds. The third-order valence-corrected chi connectivity index (χ3v) is 8.40. The Morgan fingerprint density at radius 2 is 1.95 bits per heavy atom. The van der Waals surface area contributed by atoms with Gasteiger partial charge in [0.1, 0.15) is 16.7 Å². The zero-order valence-electron chi connectivity index (χ0n) is 22.0. The number of likely N-dealkylation sites (N-methyl/N-ethyl adjacent to an activating group) is 1. The molecule has 1 aliphatic heterocycles. The number of aromatic nitrogens is 1. The second-order valence-corrected chi connectivity index (χ2v) is 10.7. The molecule has 2 atom stereocenters. The second kappa shape index (κ2) is 10.8. The number of anilines is 1. The topological polar surface area (TPSA) is 95.0 Å². The van der Waals surface area contributed by atoms with E-state index in [1.54, 1.807) is 12.1 Å². The highest BCUT2D eigenvalue weighted by molar-refractivity contribution is 6.32. The van der Waals surface area contributed by atoms with E-state index in [1.165, 1.54) is 33.3 Å². The Hall–Kier alpha value is -3.05. The van der Waals surface area contributed by atoms with Crippen molar-refractivity contribution >= 4 is 29.2 Å². The molecule has 2 aliphatic rings. The number of halogens is 4. The molecule has 1 aliphatic carbocycles. The number of aliphatic hydroxyl groups is 1. The molecule has 39 heavy (non-hydrogen) atoms. The fraction of sp³-hybridized carbons (Fsp3) is 0.519. The molecule has 1 saturated heterocycles. The van der Waals surface area contributed by atoms with E-state index in [9.17, 15) is 27.9 Å². The van der Waals surface area contributed by atoms with Crippen molar-refractivity contribution < 1.29 is 32.6 Å². The Kier molecular flexibility index (Phi) is 8.05. The molecule has 0 unspecified atom stereocenters. The van der Waals surface area contributed by atoms with Gasteiger partial charge in [-0.05, 0) is 61.3 Å². The third-order valence-electron chi connectivity index (χ3n) is 8.11. The minimum atomic E-state index is -5.21. The number of hydrogen-bond donors (Lipinski definition) is 2. The minimum absolute atomic E-state index is 0.0827. The number of methoxy groups -OCH3 is 1. The summed E-state index contributed by atoms with van der Waals surface area (Å²) in [6.07, 6.45) is -1.98. The molecule has 1 aromatic carbocycles. The monoisotopic (exact) mass is 568 g/mol. The van der Waals surface area contributed by atoms with E-state index in [0.717, 1.165) is 49.4 Å². The highest BCUT2D eigenvalue weighted by Crippen LogP contribution is 2.61. The van der Waals surface area contributed by atoms with Crippen molar-refractivity contribution in [1.82, 2.24) is 15.2 Å². The van der Waals surface area contributed by atoms with Crippen LogP contribution < -0.4 is 15.0 Å². The molecule has 0 bridgehead atoms. The number of piperidine rings is 1. The molecule has 12 heteroatoms. The molecular formula is C27H32ClF3N4O4. The summed E-state index contributed by atoms with van der Waals surface area (Å²) in [7, 11) is 4.10. The number of carbonyl (C=O) groups excluding carboxylic acids is 2. The Balaban J connectivity index is 1.35. The van der Waals surface area contributed by atoms with Crippen LogP contribution >= 0.6 is 11.6 Å². The minimum Gasteiger partial charge on any atom is -0.497 e. The van der Waals surface area contributed by atoms with Gasteiger partial charge in [-0.25, -0.2) is 4.98 Å².